The van der Waals surface area contributed by atoms with E-state index in [4.69, 9.17) is 4.74 Å². The Kier molecular flexibility index (Phi) is 4.14. The van der Waals surface area contributed by atoms with Crippen LogP contribution in [-0.2, 0) is 24.8 Å². The molecule has 2 aromatic rings. The fraction of sp³-hybridized carbons (Fsp3) is 0.556. The van der Waals surface area contributed by atoms with Crippen LogP contribution in [-0.4, -0.2) is 39.4 Å². The molecule has 1 aliphatic carbocycles. The largest absolute Gasteiger partial charge is 0.379 e. The summed E-state index contributed by atoms with van der Waals surface area (Å²) >= 11 is 0. The highest BCUT2D eigenvalue weighted by Gasteiger charge is 2.31. The quantitative estimate of drug-likeness (QED) is 0.821. The zero-order valence-electron chi connectivity index (χ0n) is 13.7. The summed E-state index contributed by atoms with van der Waals surface area (Å²) in [5.74, 6) is 0.800. The molecule has 0 saturated heterocycles. The Hall–Kier alpha value is -1.72. The van der Waals surface area contributed by atoms with Crippen LogP contribution in [0.4, 0.5) is 0 Å². The highest BCUT2D eigenvalue weighted by atomic mass is 16.5. The van der Waals surface area contributed by atoms with Crippen molar-refractivity contribution < 1.29 is 4.74 Å². The van der Waals surface area contributed by atoms with Gasteiger partial charge in [-0.25, -0.2) is 0 Å². The molecule has 5 heteroatoms. The van der Waals surface area contributed by atoms with Crippen molar-refractivity contribution in [1.29, 1.82) is 0 Å². The molecule has 23 heavy (non-hydrogen) atoms. The maximum absolute atomic E-state index is 6.04. The highest BCUT2D eigenvalue weighted by molar-refractivity contribution is 5.25. The molecule has 1 fully saturated rings. The van der Waals surface area contributed by atoms with E-state index in [-0.39, 0.29) is 6.04 Å². The molecule has 3 heterocycles. The molecule has 1 saturated carbocycles. The smallest absolute Gasteiger partial charge is 0.0760 e. The van der Waals surface area contributed by atoms with Crippen LogP contribution in [0, 0.1) is 5.92 Å². The van der Waals surface area contributed by atoms with E-state index in [0.717, 1.165) is 44.3 Å². The molecule has 0 aromatic carbocycles. The fourth-order valence-corrected chi connectivity index (χ4v) is 3.41. The number of nitrogens with zero attached hydrogens (tertiary/aromatic N) is 4. The average Bonchev–Trinajstić information content (AvgIpc) is 3.32. The Labute approximate surface area is 137 Å². The summed E-state index contributed by atoms with van der Waals surface area (Å²) in [4.78, 5) is 6.97. The van der Waals surface area contributed by atoms with E-state index in [2.05, 4.69) is 27.1 Å². The molecule has 2 aromatic heterocycles. The minimum atomic E-state index is 0.270. The van der Waals surface area contributed by atoms with Crippen LogP contribution < -0.4 is 0 Å². The van der Waals surface area contributed by atoms with E-state index in [1.807, 2.05) is 30.2 Å². The number of aromatic nitrogens is 3. The molecule has 5 nitrogen and oxygen atoms in total. The molecule has 4 rings (SSSR count). The van der Waals surface area contributed by atoms with Crippen LogP contribution in [0.25, 0.3) is 0 Å². The zero-order valence-corrected chi connectivity index (χ0v) is 13.7. The standard InChI is InChI=1S/C18H24N4O/c1-21-18-15(10-20-21)7-9-22(11-16-4-2-3-8-19-16)17(18)13-23-12-14-5-6-14/h2-4,8,10,14,17H,5-7,9,11-13H2,1H3. The number of ether oxygens (including phenoxy) is 1. The van der Waals surface area contributed by atoms with Crippen molar-refractivity contribution in [2.45, 2.75) is 31.8 Å². The molecule has 1 atom stereocenters. The SMILES string of the molecule is Cn1ncc2c1C(COCC1CC1)N(Cc1ccccn1)CC2. The maximum Gasteiger partial charge on any atom is 0.0760 e. The molecule has 0 radical (unpaired) electrons. The minimum Gasteiger partial charge on any atom is -0.379 e. The van der Waals surface area contributed by atoms with Gasteiger partial charge >= 0.3 is 0 Å². The van der Waals surface area contributed by atoms with Gasteiger partial charge in [-0.15, -0.1) is 0 Å². The van der Waals surface area contributed by atoms with E-state index < -0.39 is 0 Å². The molecular weight excluding hydrogens is 288 g/mol. The van der Waals surface area contributed by atoms with Crippen LogP contribution in [0.3, 0.4) is 0 Å². The molecular formula is C18H24N4O. The lowest BCUT2D eigenvalue weighted by Crippen LogP contribution is -2.38. The predicted molar refractivity (Wildman–Crippen MR) is 87.8 cm³/mol. The van der Waals surface area contributed by atoms with Gasteiger partial charge in [0.05, 0.1) is 30.2 Å². The van der Waals surface area contributed by atoms with Crippen LogP contribution in [0.5, 0.6) is 0 Å². The van der Waals surface area contributed by atoms with Crippen molar-refractivity contribution in [1.82, 2.24) is 19.7 Å². The third-order valence-electron chi connectivity index (χ3n) is 4.91. The number of rotatable bonds is 6. The van der Waals surface area contributed by atoms with Crippen LogP contribution in [0.15, 0.2) is 30.6 Å². The van der Waals surface area contributed by atoms with Crippen molar-refractivity contribution in [3.8, 4) is 0 Å². The second kappa shape index (κ2) is 6.42. The lowest BCUT2D eigenvalue weighted by molar-refractivity contribution is 0.0407. The Morgan fingerprint density at radius 1 is 1.26 bits per heavy atom. The summed E-state index contributed by atoms with van der Waals surface area (Å²) < 4.78 is 8.06. The van der Waals surface area contributed by atoms with Crippen molar-refractivity contribution in [3.63, 3.8) is 0 Å². The molecule has 1 unspecified atom stereocenters. The first-order valence-electron chi connectivity index (χ1n) is 8.53. The number of hydrogen-bond acceptors (Lipinski definition) is 4. The van der Waals surface area contributed by atoms with Gasteiger partial charge in [0.2, 0.25) is 0 Å². The topological polar surface area (TPSA) is 43.2 Å². The first-order valence-corrected chi connectivity index (χ1v) is 8.53. The van der Waals surface area contributed by atoms with Crippen LogP contribution in [0.2, 0.25) is 0 Å². The third kappa shape index (κ3) is 3.31. The lowest BCUT2D eigenvalue weighted by atomic mass is 10.00. The number of fused-ring (bicyclic) bond motifs is 1. The van der Waals surface area contributed by atoms with Crippen molar-refractivity contribution in [2.24, 2.45) is 13.0 Å². The number of aryl methyl sites for hydroxylation is 1. The molecule has 0 bridgehead atoms. The molecule has 0 amide bonds. The van der Waals surface area contributed by atoms with E-state index in [1.165, 1.54) is 24.1 Å². The molecule has 2 aliphatic rings. The zero-order chi connectivity index (χ0) is 15.6. The first-order chi connectivity index (χ1) is 11.3. The van der Waals surface area contributed by atoms with E-state index in [0.29, 0.717) is 0 Å². The van der Waals surface area contributed by atoms with Gasteiger partial charge in [0.15, 0.2) is 0 Å². The van der Waals surface area contributed by atoms with Gasteiger partial charge < -0.3 is 4.74 Å². The lowest BCUT2D eigenvalue weighted by Gasteiger charge is -2.35. The number of pyridine rings is 1. The van der Waals surface area contributed by atoms with Crippen molar-refractivity contribution in [2.75, 3.05) is 19.8 Å². The molecule has 0 N–H and O–H groups in total. The average molecular weight is 312 g/mol. The number of hydrogen-bond donors (Lipinski definition) is 0. The van der Waals surface area contributed by atoms with Crippen LogP contribution >= 0.6 is 0 Å². The Bertz CT molecular complexity index is 650. The van der Waals surface area contributed by atoms with Gasteiger partial charge in [0, 0.05) is 32.9 Å². The molecule has 1 aliphatic heterocycles. The summed E-state index contributed by atoms with van der Waals surface area (Å²) in [7, 11) is 2.04. The molecule has 122 valence electrons. The summed E-state index contributed by atoms with van der Waals surface area (Å²) in [5, 5.41) is 4.46. The van der Waals surface area contributed by atoms with Gasteiger partial charge in [-0.3, -0.25) is 14.6 Å². The van der Waals surface area contributed by atoms with Crippen LogP contribution in [0.1, 0.15) is 35.8 Å². The summed E-state index contributed by atoms with van der Waals surface area (Å²) in [6.07, 6.45) is 7.60. The predicted octanol–water partition coefficient (Wildman–Crippen LogP) is 2.34. The van der Waals surface area contributed by atoms with Crippen molar-refractivity contribution >= 4 is 0 Å². The Morgan fingerprint density at radius 3 is 2.96 bits per heavy atom. The second-order valence-electron chi connectivity index (χ2n) is 6.72. The van der Waals surface area contributed by atoms with Gasteiger partial charge in [0.25, 0.3) is 0 Å². The van der Waals surface area contributed by atoms with E-state index in [1.54, 1.807) is 0 Å². The summed E-state index contributed by atoms with van der Waals surface area (Å²) in [6, 6.07) is 6.39. The van der Waals surface area contributed by atoms with Crippen molar-refractivity contribution in [3.05, 3.63) is 47.5 Å². The monoisotopic (exact) mass is 312 g/mol. The van der Waals surface area contributed by atoms with Gasteiger partial charge in [-0.05, 0) is 42.9 Å². The third-order valence-corrected chi connectivity index (χ3v) is 4.91. The maximum atomic E-state index is 6.04. The second-order valence-corrected chi connectivity index (χ2v) is 6.72. The fourth-order valence-electron chi connectivity index (χ4n) is 3.41. The summed E-state index contributed by atoms with van der Waals surface area (Å²) in [5.41, 5.74) is 3.79. The Balaban J connectivity index is 1.52. The summed E-state index contributed by atoms with van der Waals surface area (Å²) in [6.45, 7) is 3.55. The molecule has 0 spiro atoms. The van der Waals surface area contributed by atoms with Gasteiger partial charge in [-0.2, -0.15) is 5.10 Å². The van der Waals surface area contributed by atoms with E-state index >= 15 is 0 Å². The minimum absolute atomic E-state index is 0.270. The Morgan fingerprint density at radius 2 is 2.17 bits per heavy atom. The highest BCUT2D eigenvalue weighted by Crippen LogP contribution is 2.32. The van der Waals surface area contributed by atoms with Gasteiger partial charge in [-0.1, -0.05) is 6.07 Å². The van der Waals surface area contributed by atoms with E-state index in [9.17, 15) is 0 Å². The van der Waals surface area contributed by atoms with Gasteiger partial charge in [0.1, 0.15) is 0 Å². The first kappa shape index (κ1) is 14.8. The normalized spacial score (nSPS) is 21.3.